The number of nitrogens with zero attached hydrogens (tertiary/aromatic N) is 1. The van der Waals surface area contributed by atoms with E-state index < -0.39 is 24.1 Å². The Hall–Kier alpha value is -3.36. The average Bonchev–Trinajstić information content (AvgIpc) is 2.97. The molecule has 0 spiro atoms. The van der Waals surface area contributed by atoms with Gasteiger partial charge in [-0.05, 0) is 39.0 Å². The summed E-state index contributed by atoms with van der Waals surface area (Å²) < 4.78 is 20.1. The Bertz CT molecular complexity index is 824. The number of esters is 1. The molecule has 1 N–H and O–H groups in total. The van der Waals surface area contributed by atoms with Crippen LogP contribution in [0.1, 0.15) is 34.3 Å². The van der Waals surface area contributed by atoms with Crippen LogP contribution >= 0.6 is 0 Å². The van der Waals surface area contributed by atoms with E-state index in [1.807, 2.05) is 12.2 Å². The highest BCUT2D eigenvalue weighted by atomic mass is 16.6. The molecule has 144 valence electrons. The van der Waals surface area contributed by atoms with Crippen LogP contribution in [0.3, 0.4) is 0 Å². The van der Waals surface area contributed by atoms with Gasteiger partial charge in [0.2, 0.25) is 0 Å². The highest BCUT2D eigenvalue weighted by Gasteiger charge is 2.21. The quantitative estimate of drug-likeness (QED) is 0.763. The van der Waals surface area contributed by atoms with E-state index in [9.17, 15) is 14.4 Å². The van der Waals surface area contributed by atoms with Crippen molar-refractivity contribution in [2.45, 2.75) is 33.5 Å². The van der Waals surface area contributed by atoms with Crippen LogP contribution in [-0.2, 0) is 20.9 Å². The van der Waals surface area contributed by atoms with Crippen molar-refractivity contribution < 1.29 is 33.1 Å². The van der Waals surface area contributed by atoms with E-state index in [0.29, 0.717) is 11.5 Å². The van der Waals surface area contributed by atoms with Crippen molar-refractivity contribution in [3.05, 3.63) is 46.8 Å². The maximum absolute atomic E-state index is 12.2. The van der Waals surface area contributed by atoms with Gasteiger partial charge in [0.25, 0.3) is 5.91 Å². The Morgan fingerprint density at radius 2 is 2.00 bits per heavy atom. The smallest absolute Gasteiger partial charge is 0.413 e. The second-order valence-electron chi connectivity index (χ2n) is 5.65. The minimum atomic E-state index is -1.18. The molecule has 0 aliphatic rings. The maximum atomic E-state index is 12.2. The Kier molecular flexibility index (Phi) is 6.53. The van der Waals surface area contributed by atoms with Crippen LogP contribution < -0.4 is 10.1 Å². The van der Waals surface area contributed by atoms with Crippen LogP contribution in [0.4, 0.5) is 4.79 Å². The number of rotatable bonds is 6. The zero-order valence-electron chi connectivity index (χ0n) is 15.4. The van der Waals surface area contributed by atoms with Gasteiger partial charge in [0, 0.05) is 0 Å². The number of aryl methyl sites for hydroxylation is 2. The highest BCUT2D eigenvalue weighted by molar-refractivity contribution is 5.97. The molecule has 1 aromatic carbocycles. The number of methoxy groups -OCH3 is 1. The fourth-order valence-corrected chi connectivity index (χ4v) is 2.11. The number of imide groups is 1. The van der Waals surface area contributed by atoms with E-state index >= 15 is 0 Å². The third-order valence-electron chi connectivity index (χ3n) is 3.70. The van der Waals surface area contributed by atoms with E-state index in [0.717, 1.165) is 18.4 Å². The molecule has 1 heterocycles. The largest absolute Gasteiger partial charge is 0.489 e. The third-order valence-corrected chi connectivity index (χ3v) is 3.70. The topological polar surface area (TPSA) is 117 Å². The second-order valence-corrected chi connectivity index (χ2v) is 5.65. The zero-order chi connectivity index (χ0) is 20.0. The molecule has 9 heteroatoms. The lowest BCUT2D eigenvalue weighted by molar-refractivity contribution is -0.128. The molecule has 0 radical (unpaired) electrons. The third kappa shape index (κ3) is 5.30. The number of nitrogens with one attached hydrogen (secondary N) is 1. The standard InChI is InChI=1S/C18H20N2O7/c1-10-15(11(2)27-20-10)9-25-14-7-5-6-13(8-14)17(22)26-12(3)16(21)19-18(23)24-4/h5-8,12H,9H2,1-4H3,(H,19,21,23)/t12-/m0/s1. The van der Waals surface area contributed by atoms with Crippen LogP contribution in [0.2, 0.25) is 0 Å². The van der Waals surface area contributed by atoms with E-state index in [1.165, 1.54) is 19.1 Å². The van der Waals surface area contributed by atoms with E-state index in [1.54, 1.807) is 19.1 Å². The van der Waals surface area contributed by atoms with Crippen molar-refractivity contribution in [3.8, 4) is 5.75 Å². The predicted octanol–water partition coefficient (Wildman–Crippen LogP) is 2.30. The monoisotopic (exact) mass is 376 g/mol. The summed E-state index contributed by atoms with van der Waals surface area (Å²) >= 11 is 0. The van der Waals surface area contributed by atoms with Gasteiger partial charge in [0.1, 0.15) is 18.1 Å². The summed E-state index contributed by atoms with van der Waals surface area (Å²) in [7, 11) is 1.12. The minimum absolute atomic E-state index is 0.198. The molecule has 0 fully saturated rings. The summed E-state index contributed by atoms with van der Waals surface area (Å²) in [4.78, 5) is 34.9. The molecule has 1 atom stereocenters. The molecule has 2 aromatic rings. The molecule has 0 unspecified atom stereocenters. The summed E-state index contributed by atoms with van der Waals surface area (Å²) in [5, 5.41) is 5.78. The van der Waals surface area contributed by atoms with Crippen LogP contribution in [-0.4, -0.2) is 36.3 Å². The van der Waals surface area contributed by atoms with Crippen LogP contribution in [0.15, 0.2) is 28.8 Å². The second kappa shape index (κ2) is 8.84. The van der Waals surface area contributed by atoms with Gasteiger partial charge in [-0.25, -0.2) is 9.59 Å². The molecular formula is C18H20N2O7. The first-order chi connectivity index (χ1) is 12.8. The van der Waals surface area contributed by atoms with Gasteiger partial charge in [-0.1, -0.05) is 11.2 Å². The van der Waals surface area contributed by atoms with E-state index in [-0.39, 0.29) is 12.2 Å². The van der Waals surface area contributed by atoms with Crippen molar-refractivity contribution >= 4 is 18.0 Å². The van der Waals surface area contributed by atoms with Gasteiger partial charge in [-0.15, -0.1) is 0 Å². The highest BCUT2D eigenvalue weighted by Crippen LogP contribution is 2.19. The molecular weight excluding hydrogens is 356 g/mol. The van der Waals surface area contributed by atoms with Crippen molar-refractivity contribution in [1.82, 2.24) is 10.5 Å². The number of aromatic nitrogens is 1. The Morgan fingerprint density at radius 3 is 2.63 bits per heavy atom. The molecule has 9 nitrogen and oxygen atoms in total. The lowest BCUT2D eigenvalue weighted by Crippen LogP contribution is -2.39. The summed E-state index contributed by atoms with van der Waals surface area (Å²) in [6.07, 6.45) is -2.11. The molecule has 0 saturated carbocycles. The molecule has 2 amide bonds. The normalized spacial score (nSPS) is 11.4. The SMILES string of the molecule is COC(=O)NC(=O)[C@H](C)OC(=O)c1cccc(OCc2c(C)noc2C)c1. The van der Waals surface area contributed by atoms with Gasteiger partial charge < -0.3 is 18.7 Å². The molecule has 0 aliphatic heterocycles. The van der Waals surface area contributed by atoms with E-state index in [4.69, 9.17) is 14.0 Å². The molecule has 27 heavy (non-hydrogen) atoms. The van der Waals surface area contributed by atoms with Crippen LogP contribution in [0.5, 0.6) is 5.75 Å². The van der Waals surface area contributed by atoms with Gasteiger partial charge in [0.15, 0.2) is 6.10 Å². The predicted molar refractivity (Wildman–Crippen MR) is 92.2 cm³/mol. The fourth-order valence-electron chi connectivity index (χ4n) is 2.11. The van der Waals surface area contributed by atoms with Crippen molar-refractivity contribution in [2.75, 3.05) is 7.11 Å². The van der Waals surface area contributed by atoms with Crippen molar-refractivity contribution in [1.29, 1.82) is 0 Å². The fraction of sp³-hybridized carbons (Fsp3) is 0.333. The van der Waals surface area contributed by atoms with Gasteiger partial charge in [-0.3, -0.25) is 10.1 Å². The first-order valence-corrected chi connectivity index (χ1v) is 8.06. The van der Waals surface area contributed by atoms with Gasteiger partial charge in [0.05, 0.1) is 23.9 Å². The number of carbonyl (C=O) groups excluding carboxylic acids is 3. The Morgan fingerprint density at radius 1 is 1.26 bits per heavy atom. The lowest BCUT2D eigenvalue weighted by Gasteiger charge is -2.13. The van der Waals surface area contributed by atoms with Gasteiger partial charge >= 0.3 is 12.1 Å². The summed E-state index contributed by atoms with van der Waals surface area (Å²) in [6.45, 7) is 5.17. The van der Waals surface area contributed by atoms with Crippen LogP contribution in [0, 0.1) is 13.8 Å². The molecule has 0 aliphatic carbocycles. The Labute approximate surface area is 155 Å². The maximum Gasteiger partial charge on any atom is 0.413 e. The first kappa shape index (κ1) is 20.0. The number of benzene rings is 1. The number of ether oxygens (including phenoxy) is 3. The van der Waals surface area contributed by atoms with Crippen molar-refractivity contribution in [3.63, 3.8) is 0 Å². The number of hydrogen-bond acceptors (Lipinski definition) is 8. The Balaban J connectivity index is 1.98. The molecule has 0 bridgehead atoms. The average molecular weight is 376 g/mol. The zero-order valence-corrected chi connectivity index (χ0v) is 15.4. The summed E-state index contributed by atoms with van der Waals surface area (Å²) in [6, 6.07) is 6.32. The molecule has 0 saturated heterocycles. The van der Waals surface area contributed by atoms with Crippen molar-refractivity contribution in [2.24, 2.45) is 0 Å². The number of amides is 2. The summed E-state index contributed by atoms with van der Waals surface area (Å²) in [5.74, 6) is -0.420. The number of hydrogen-bond donors (Lipinski definition) is 1. The summed E-state index contributed by atoms with van der Waals surface area (Å²) in [5.41, 5.74) is 1.76. The lowest BCUT2D eigenvalue weighted by atomic mass is 10.2. The number of alkyl carbamates (subject to hydrolysis) is 1. The number of carbonyl (C=O) groups is 3. The first-order valence-electron chi connectivity index (χ1n) is 8.06. The minimum Gasteiger partial charge on any atom is -0.489 e. The molecule has 2 rings (SSSR count). The van der Waals surface area contributed by atoms with Crippen LogP contribution in [0.25, 0.3) is 0 Å². The van der Waals surface area contributed by atoms with Gasteiger partial charge in [-0.2, -0.15) is 0 Å². The van der Waals surface area contributed by atoms with E-state index in [2.05, 4.69) is 9.89 Å². The molecule has 1 aromatic heterocycles.